The lowest BCUT2D eigenvalue weighted by Gasteiger charge is -2.21. The number of hydrogen-bond donors (Lipinski definition) is 1. The van der Waals surface area contributed by atoms with Crippen molar-refractivity contribution >= 4 is 17.1 Å². The van der Waals surface area contributed by atoms with E-state index in [0.717, 1.165) is 36.0 Å². The highest BCUT2D eigenvalue weighted by molar-refractivity contribution is 5.75. The van der Waals surface area contributed by atoms with Crippen LogP contribution >= 0.6 is 0 Å². The standard InChI is InChI=1S/C17H18N4O3/c1-10-5-6-13-11(8-10)19-17(24-13)21-7-3-4-12(21)15-18-9-14(23-2)16(22)20-15/h5-6,8-9,12H,3-4,7H2,1-2H3,(H,18,20,22). The number of rotatable bonds is 3. The fourth-order valence-electron chi connectivity index (χ4n) is 3.14. The highest BCUT2D eigenvalue weighted by Gasteiger charge is 2.31. The summed E-state index contributed by atoms with van der Waals surface area (Å²) >= 11 is 0. The summed E-state index contributed by atoms with van der Waals surface area (Å²) in [6.45, 7) is 2.84. The van der Waals surface area contributed by atoms with Gasteiger partial charge in [-0.25, -0.2) is 4.98 Å². The van der Waals surface area contributed by atoms with E-state index in [-0.39, 0.29) is 17.4 Å². The summed E-state index contributed by atoms with van der Waals surface area (Å²) in [7, 11) is 1.45. The largest absolute Gasteiger partial charge is 0.490 e. The molecule has 1 unspecified atom stereocenters. The zero-order chi connectivity index (χ0) is 16.7. The van der Waals surface area contributed by atoms with Gasteiger partial charge >= 0.3 is 0 Å². The van der Waals surface area contributed by atoms with Crippen molar-refractivity contribution in [2.75, 3.05) is 18.6 Å². The number of hydrogen-bond acceptors (Lipinski definition) is 6. The number of aromatic nitrogens is 3. The number of nitrogens with one attached hydrogen (secondary N) is 1. The molecule has 0 bridgehead atoms. The van der Waals surface area contributed by atoms with Crippen LogP contribution in [0.5, 0.6) is 5.75 Å². The number of aryl methyl sites for hydroxylation is 1. The van der Waals surface area contributed by atoms with Crippen molar-refractivity contribution in [3.63, 3.8) is 0 Å². The summed E-state index contributed by atoms with van der Waals surface area (Å²) in [6.07, 6.45) is 3.32. The molecule has 2 aromatic heterocycles. The van der Waals surface area contributed by atoms with Crippen molar-refractivity contribution < 1.29 is 9.15 Å². The number of ether oxygens (including phenoxy) is 1. The smallest absolute Gasteiger partial charge is 0.299 e. The lowest BCUT2D eigenvalue weighted by molar-refractivity contribution is 0.404. The zero-order valence-electron chi connectivity index (χ0n) is 13.6. The molecule has 0 amide bonds. The van der Waals surface area contributed by atoms with Crippen LogP contribution < -0.4 is 15.2 Å². The molecular weight excluding hydrogens is 308 g/mol. The third-order valence-corrected chi connectivity index (χ3v) is 4.35. The van der Waals surface area contributed by atoms with Gasteiger partial charge in [-0.3, -0.25) is 4.79 Å². The second kappa shape index (κ2) is 5.67. The number of nitrogens with zero attached hydrogens (tertiary/aromatic N) is 3. The lowest BCUT2D eigenvalue weighted by Crippen LogP contribution is -2.26. The van der Waals surface area contributed by atoms with Crippen molar-refractivity contribution in [2.45, 2.75) is 25.8 Å². The molecule has 1 saturated heterocycles. The first kappa shape index (κ1) is 14.7. The maximum Gasteiger partial charge on any atom is 0.299 e. The topological polar surface area (TPSA) is 84.2 Å². The number of aromatic amines is 1. The summed E-state index contributed by atoms with van der Waals surface area (Å²) in [4.78, 5) is 25.8. The molecule has 7 nitrogen and oxygen atoms in total. The van der Waals surface area contributed by atoms with Gasteiger partial charge in [0.25, 0.3) is 11.6 Å². The Morgan fingerprint density at radius 2 is 2.29 bits per heavy atom. The molecule has 4 rings (SSSR count). The van der Waals surface area contributed by atoms with Crippen molar-refractivity contribution in [3.05, 3.63) is 46.1 Å². The second-order valence-corrected chi connectivity index (χ2v) is 5.98. The Morgan fingerprint density at radius 1 is 1.42 bits per heavy atom. The lowest BCUT2D eigenvalue weighted by atomic mass is 10.2. The summed E-state index contributed by atoms with van der Waals surface area (Å²) in [5.74, 6) is 0.817. The van der Waals surface area contributed by atoms with Crippen LogP contribution in [0.15, 0.2) is 33.6 Å². The van der Waals surface area contributed by atoms with Gasteiger partial charge in [0.15, 0.2) is 5.58 Å². The van der Waals surface area contributed by atoms with E-state index < -0.39 is 0 Å². The van der Waals surface area contributed by atoms with E-state index in [1.807, 2.05) is 25.1 Å². The van der Waals surface area contributed by atoms with Crippen LogP contribution in [0.2, 0.25) is 0 Å². The molecule has 0 spiro atoms. The van der Waals surface area contributed by atoms with Crippen LogP contribution in [0, 0.1) is 6.92 Å². The third-order valence-electron chi connectivity index (χ3n) is 4.35. The Labute approximate surface area is 138 Å². The molecule has 3 heterocycles. The molecule has 0 aliphatic carbocycles. The molecule has 1 fully saturated rings. The fourth-order valence-corrected chi connectivity index (χ4v) is 3.14. The van der Waals surface area contributed by atoms with E-state index in [9.17, 15) is 4.79 Å². The van der Waals surface area contributed by atoms with Gasteiger partial charge in [-0.15, -0.1) is 0 Å². The molecule has 1 aliphatic rings. The maximum atomic E-state index is 12.0. The Hall–Kier alpha value is -2.83. The average molecular weight is 326 g/mol. The predicted molar refractivity (Wildman–Crippen MR) is 89.5 cm³/mol. The third kappa shape index (κ3) is 2.42. The molecule has 7 heteroatoms. The number of H-pyrrole nitrogens is 1. The van der Waals surface area contributed by atoms with Gasteiger partial charge in [-0.05, 0) is 37.5 Å². The molecule has 0 radical (unpaired) electrons. The number of oxazole rings is 1. The maximum absolute atomic E-state index is 12.0. The summed E-state index contributed by atoms with van der Waals surface area (Å²) in [5, 5.41) is 0. The normalized spacial score (nSPS) is 17.6. The molecule has 124 valence electrons. The van der Waals surface area contributed by atoms with Crippen LogP contribution in [-0.4, -0.2) is 28.6 Å². The monoisotopic (exact) mass is 326 g/mol. The van der Waals surface area contributed by atoms with Crippen molar-refractivity contribution in [1.82, 2.24) is 15.0 Å². The number of methoxy groups -OCH3 is 1. The van der Waals surface area contributed by atoms with Gasteiger partial charge in [0.05, 0.1) is 19.3 Å². The van der Waals surface area contributed by atoms with E-state index in [1.165, 1.54) is 13.3 Å². The van der Waals surface area contributed by atoms with Crippen LogP contribution in [0.1, 0.15) is 30.3 Å². The molecular formula is C17H18N4O3. The Balaban J connectivity index is 1.71. The SMILES string of the molecule is COc1cnc(C2CCCN2c2nc3cc(C)ccc3o2)[nH]c1=O. The van der Waals surface area contributed by atoms with E-state index in [0.29, 0.717) is 11.8 Å². The minimum absolute atomic E-state index is 0.0576. The van der Waals surface area contributed by atoms with Crippen LogP contribution in [0.3, 0.4) is 0 Å². The van der Waals surface area contributed by atoms with E-state index in [2.05, 4.69) is 19.9 Å². The fraction of sp³-hybridized carbons (Fsp3) is 0.353. The summed E-state index contributed by atoms with van der Waals surface area (Å²) < 4.78 is 10.9. The van der Waals surface area contributed by atoms with Gasteiger partial charge in [-0.2, -0.15) is 4.98 Å². The van der Waals surface area contributed by atoms with E-state index >= 15 is 0 Å². The molecule has 0 saturated carbocycles. The average Bonchev–Trinajstić information content (AvgIpc) is 3.20. The Bertz CT molecular complexity index is 946. The molecule has 1 aromatic carbocycles. The quantitative estimate of drug-likeness (QED) is 0.796. The van der Waals surface area contributed by atoms with Crippen molar-refractivity contribution in [2.24, 2.45) is 0 Å². The molecule has 1 N–H and O–H groups in total. The van der Waals surface area contributed by atoms with Gasteiger partial charge in [-0.1, -0.05) is 6.07 Å². The highest BCUT2D eigenvalue weighted by atomic mass is 16.5. The van der Waals surface area contributed by atoms with Gasteiger partial charge in [0.2, 0.25) is 5.75 Å². The number of fused-ring (bicyclic) bond motifs is 1. The van der Waals surface area contributed by atoms with Crippen molar-refractivity contribution in [1.29, 1.82) is 0 Å². The molecule has 24 heavy (non-hydrogen) atoms. The Morgan fingerprint density at radius 3 is 3.08 bits per heavy atom. The minimum atomic E-state index is -0.275. The van der Waals surface area contributed by atoms with Crippen LogP contribution in [0.4, 0.5) is 6.01 Å². The first-order valence-corrected chi connectivity index (χ1v) is 7.93. The van der Waals surface area contributed by atoms with E-state index in [4.69, 9.17) is 9.15 Å². The number of benzene rings is 1. The number of anilines is 1. The first-order valence-electron chi connectivity index (χ1n) is 7.93. The van der Waals surface area contributed by atoms with Gasteiger partial charge < -0.3 is 19.0 Å². The molecule has 1 aliphatic heterocycles. The first-order chi connectivity index (χ1) is 11.7. The predicted octanol–water partition coefficient (Wildman–Crippen LogP) is 2.57. The van der Waals surface area contributed by atoms with E-state index in [1.54, 1.807) is 0 Å². The van der Waals surface area contributed by atoms with Gasteiger partial charge in [0.1, 0.15) is 11.3 Å². The van der Waals surface area contributed by atoms with Crippen LogP contribution in [-0.2, 0) is 0 Å². The highest BCUT2D eigenvalue weighted by Crippen LogP contribution is 2.35. The van der Waals surface area contributed by atoms with Gasteiger partial charge in [0, 0.05) is 6.54 Å². The zero-order valence-corrected chi connectivity index (χ0v) is 13.6. The van der Waals surface area contributed by atoms with Crippen LogP contribution in [0.25, 0.3) is 11.1 Å². The summed E-state index contributed by atoms with van der Waals surface area (Å²) in [6, 6.07) is 6.44. The molecule has 3 aromatic rings. The van der Waals surface area contributed by atoms with Crippen molar-refractivity contribution in [3.8, 4) is 5.75 Å². The molecule has 1 atom stereocenters. The summed E-state index contributed by atoms with van der Waals surface area (Å²) in [5.41, 5.74) is 2.47. The Kier molecular flexibility index (Phi) is 3.48. The minimum Gasteiger partial charge on any atom is -0.490 e. The second-order valence-electron chi connectivity index (χ2n) is 5.98.